The number of methoxy groups -OCH3 is 1. The Kier molecular flexibility index (Phi) is 8.02. The zero-order valence-corrected chi connectivity index (χ0v) is 17.0. The molecule has 2 saturated heterocycles. The summed E-state index contributed by atoms with van der Waals surface area (Å²) in [6.07, 6.45) is 5.44. The second-order valence-electron chi connectivity index (χ2n) is 7.29. The lowest BCUT2D eigenvalue weighted by atomic mass is 9.79. The molecular weight excluding hydrogens is 371 g/mol. The topological polar surface area (TPSA) is 53.2 Å². The molecule has 2 aromatic rings. The molecule has 0 bridgehead atoms. The van der Waals surface area contributed by atoms with Crippen molar-refractivity contribution in [2.75, 3.05) is 33.3 Å². The van der Waals surface area contributed by atoms with Gasteiger partial charge in [0.15, 0.2) is 0 Å². The van der Waals surface area contributed by atoms with E-state index in [-0.39, 0.29) is 24.8 Å². The quantitative estimate of drug-likeness (QED) is 0.822. The van der Waals surface area contributed by atoms with Gasteiger partial charge in [-0.15, -0.1) is 24.8 Å². The van der Waals surface area contributed by atoms with E-state index in [1.54, 1.807) is 7.11 Å². The molecule has 2 aliphatic heterocycles. The van der Waals surface area contributed by atoms with E-state index >= 15 is 0 Å². The van der Waals surface area contributed by atoms with Gasteiger partial charge in [-0.3, -0.25) is 10.00 Å². The van der Waals surface area contributed by atoms with Gasteiger partial charge in [0.1, 0.15) is 5.75 Å². The molecule has 146 valence electrons. The number of piperidine rings is 2. The van der Waals surface area contributed by atoms with Gasteiger partial charge < -0.3 is 10.1 Å². The summed E-state index contributed by atoms with van der Waals surface area (Å²) in [6, 6.07) is 6.09. The maximum Gasteiger partial charge on any atom is 0.119 e. The van der Waals surface area contributed by atoms with E-state index in [0.717, 1.165) is 29.6 Å². The van der Waals surface area contributed by atoms with E-state index < -0.39 is 0 Å². The largest absolute Gasteiger partial charge is 0.497 e. The van der Waals surface area contributed by atoms with Gasteiger partial charge in [0.05, 0.1) is 18.3 Å². The Balaban J connectivity index is 0.00000121. The lowest BCUT2D eigenvalue weighted by Crippen LogP contribution is -2.39. The first-order chi connectivity index (χ1) is 11.8. The van der Waals surface area contributed by atoms with Crippen LogP contribution in [0.25, 0.3) is 10.9 Å². The van der Waals surface area contributed by atoms with E-state index in [1.807, 2.05) is 12.1 Å². The minimum Gasteiger partial charge on any atom is -0.497 e. The Bertz CT molecular complexity index is 679. The highest BCUT2D eigenvalue weighted by molar-refractivity contribution is 5.85. The predicted octanol–water partition coefficient (Wildman–Crippen LogP) is 3.63. The molecule has 1 aromatic carbocycles. The molecule has 7 heteroatoms. The van der Waals surface area contributed by atoms with Crippen LogP contribution in [0.2, 0.25) is 0 Å². The summed E-state index contributed by atoms with van der Waals surface area (Å²) >= 11 is 0. The van der Waals surface area contributed by atoms with Crippen LogP contribution in [0.3, 0.4) is 0 Å². The van der Waals surface area contributed by atoms with Crippen molar-refractivity contribution in [1.82, 2.24) is 20.4 Å². The first kappa shape index (κ1) is 21.3. The number of H-pyrrole nitrogens is 1. The van der Waals surface area contributed by atoms with Crippen molar-refractivity contribution in [2.24, 2.45) is 11.8 Å². The highest BCUT2D eigenvalue weighted by Crippen LogP contribution is 2.31. The third-order valence-corrected chi connectivity index (χ3v) is 5.90. The molecule has 3 heterocycles. The van der Waals surface area contributed by atoms with Gasteiger partial charge in [-0.05, 0) is 81.9 Å². The monoisotopic (exact) mass is 400 g/mol. The van der Waals surface area contributed by atoms with Gasteiger partial charge in [0.2, 0.25) is 0 Å². The van der Waals surface area contributed by atoms with Crippen molar-refractivity contribution in [3.05, 3.63) is 23.9 Å². The summed E-state index contributed by atoms with van der Waals surface area (Å²) in [5, 5.41) is 12.3. The SMILES string of the molecule is COc1ccc2n[nH]c(CN3CCC(C4CCNCC4)CC3)c2c1.Cl.Cl. The van der Waals surface area contributed by atoms with Crippen LogP contribution < -0.4 is 10.1 Å². The van der Waals surface area contributed by atoms with Crippen LogP contribution in [0.5, 0.6) is 5.75 Å². The molecule has 2 fully saturated rings. The number of aromatic nitrogens is 2. The molecule has 0 unspecified atom stereocenters. The number of aromatic amines is 1. The number of fused-ring (bicyclic) bond motifs is 1. The number of ether oxygens (including phenoxy) is 1. The van der Waals surface area contributed by atoms with Crippen LogP contribution in [-0.4, -0.2) is 48.4 Å². The molecule has 0 amide bonds. The van der Waals surface area contributed by atoms with Gasteiger partial charge in [-0.25, -0.2) is 0 Å². The van der Waals surface area contributed by atoms with Crippen molar-refractivity contribution in [3.63, 3.8) is 0 Å². The Morgan fingerprint density at radius 2 is 1.77 bits per heavy atom. The van der Waals surface area contributed by atoms with Crippen molar-refractivity contribution >= 4 is 35.7 Å². The van der Waals surface area contributed by atoms with Gasteiger partial charge in [0.25, 0.3) is 0 Å². The third-order valence-electron chi connectivity index (χ3n) is 5.90. The molecule has 0 radical (unpaired) electrons. The second-order valence-corrected chi connectivity index (χ2v) is 7.29. The summed E-state index contributed by atoms with van der Waals surface area (Å²) in [5.74, 6) is 2.78. The highest BCUT2D eigenvalue weighted by atomic mass is 35.5. The number of likely N-dealkylation sites (tertiary alicyclic amines) is 1. The molecule has 0 spiro atoms. The van der Waals surface area contributed by atoms with Crippen LogP contribution in [0, 0.1) is 11.8 Å². The average Bonchev–Trinajstić information content (AvgIpc) is 3.05. The molecule has 0 aliphatic carbocycles. The van der Waals surface area contributed by atoms with Gasteiger partial charge >= 0.3 is 0 Å². The van der Waals surface area contributed by atoms with Crippen LogP contribution in [0.15, 0.2) is 18.2 Å². The molecule has 2 N–H and O–H groups in total. The van der Waals surface area contributed by atoms with E-state index in [4.69, 9.17) is 4.74 Å². The average molecular weight is 401 g/mol. The first-order valence-corrected chi connectivity index (χ1v) is 9.27. The lowest BCUT2D eigenvalue weighted by molar-refractivity contribution is 0.125. The van der Waals surface area contributed by atoms with Crippen LogP contribution in [0.1, 0.15) is 31.4 Å². The maximum atomic E-state index is 5.36. The highest BCUT2D eigenvalue weighted by Gasteiger charge is 2.27. The summed E-state index contributed by atoms with van der Waals surface area (Å²) in [6.45, 7) is 5.81. The van der Waals surface area contributed by atoms with Crippen molar-refractivity contribution in [3.8, 4) is 5.75 Å². The summed E-state index contributed by atoms with van der Waals surface area (Å²) in [4.78, 5) is 2.57. The van der Waals surface area contributed by atoms with Crippen LogP contribution in [-0.2, 0) is 6.54 Å². The van der Waals surface area contributed by atoms with Gasteiger partial charge in [-0.2, -0.15) is 5.10 Å². The minimum atomic E-state index is 0. The fourth-order valence-corrected chi connectivity index (χ4v) is 4.41. The standard InChI is InChI=1S/C19H28N4O.2ClH/c1-24-16-2-3-18-17(12-16)19(22-21-18)13-23-10-6-15(7-11-23)14-4-8-20-9-5-14;;/h2-3,12,14-15,20H,4-11,13H2,1H3,(H,21,22);2*1H. The van der Waals surface area contributed by atoms with Crippen LogP contribution >= 0.6 is 24.8 Å². The third kappa shape index (κ3) is 4.63. The molecule has 0 atom stereocenters. The van der Waals surface area contributed by atoms with E-state index in [1.165, 1.54) is 62.9 Å². The zero-order chi connectivity index (χ0) is 16.4. The number of nitrogens with one attached hydrogen (secondary N) is 2. The molecule has 2 aliphatic rings. The normalized spacial score (nSPS) is 19.7. The fourth-order valence-electron chi connectivity index (χ4n) is 4.41. The predicted molar refractivity (Wildman–Crippen MR) is 111 cm³/mol. The number of nitrogens with zero attached hydrogens (tertiary/aromatic N) is 2. The molecule has 1 aromatic heterocycles. The van der Waals surface area contributed by atoms with Crippen LogP contribution in [0.4, 0.5) is 0 Å². The maximum absolute atomic E-state index is 5.36. The Morgan fingerprint density at radius 3 is 2.46 bits per heavy atom. The number of halogens is 2. The van der Waals surface area contributed by atoms with E-state index in [2.05, 4.69) is 26.5 Å². The van der Waals surface area contributed by atoms with Crippen molar-refractivity contribution < 1.29 is 4.74 Å². The summed E-state index contributed by atoms with van der Waals surface area (Å²) in [5.41, 5.74) is 2.24. The van der Waals surface area contributed by atoms with Crippen molar-refractivity contribution in [1.29, 1.82) is 0 Å². The number of benzene rings is 1. The zero-order valence-electron chi connectivity index (χ0n) is 15.4. The Morgan fingerprint density at radius 1 is 1.08 bits per heavy atom. The van der Waals surface area contributed by atoms with Crippen molar-refractivity contribution in [2.45, 2.75) is 32.2 Å². The summed E-state index contributed by atoms with van der Waals surface area (Å²) in [7, 11) is 1.71. The fraction of sp³-hybridized carbons (Fsp3) is 0.632. The molecule has 4 rings (SSSR count). The number of hydrogen-bond acceptors (Lipinski definition) is 4. The molecular formula is C19H30Cl2N4O. The first-order valence-electron chi connectivity index (χ1n) is 9.27. The van der Waals surface area contributed by atoms with Gasteiger partial charge in [-0.1, -0.05) is 0 Å². The number of hydrogen-bond donors (Lipinski definition) is 2. The lowest BCUT2D eigenvalue weighted by Gasteiger charge is -2.37. The minimum absolute atomic E-state index is 0. The smallest absolute Gasteiger partial charge is 0.119 e. The molecule has 0 saturated carbocycles. The van der Waals surface area contributed by atoms with E-state index in [9.17, 15) is 0 Å². The van der Waals surface area contributed by atoms with Gasteiger partial charge in [0, 0.05) is 11.9 Å². The van der Waals surface area contributed by atoms with E-state index in [0.29, 0.717) is 0 Å². The molecule has 5 nitrogen and oxygen atoms in total. The Hall–Kier alpha value is -1.01. The molecule has 26 heavy (non-hydrogen) atoms. The number of rotatable bonds is 4. The summed E-state index contributed by atoms with van der Waals surface area (Å²) < 4.78 is 5.36. The second kappa shape index (κ2) is 9.79. The Labute approximate surface area is 168 Å².